The van der Waals surface area contributed by atoms with Gasteiger partial charge in [-0.2, -0.15) is 9.29 Å². The number of alkyl halides is 1. The van der Waals surface area contributed by atoms with Gasteiger partial charge in [-0.05, 0) is 60.5 Å². The van der Waals surface area contributed by atoms with Crippen LogP contribution in [-0.2, 0) is 15.1 Å². The molecule has 2 rings (SSSR count). The van der Waals surface area contributed by atoms with E-state index in [1.54, 1.807) is 41.5 Å². The molecule has 2 amide bonds. The molecule has 0 saturated heterocycles. The second kappa shape index (κ2) is 6.48. The number of ether oxygens (including phenoxy) is 2. The minimum atomic E-state index is -1.73. The first-order valence-electron chi connectivity index (χ1n) is 8.33. The lowest BCUT2D eigenvalue weighted by Gasteiger charge is -2.28. The van der Waals surface area contributed by atoms with Crippen molar-refractivity contribution in [1.29, 1.82) is 0 Å². The zero-order valence-corrected chi connectivity index (χ0v) is 15.9. The first kappa shape index (κ1) is 20.1. The molecule has 26 heavy (non-hydrogen) atoms. The van der Waals surface area contributed by atoms with E-state index in [0.29, 0.717) is 4.90 Å². The van der Waals surface area contributed by atoms with Crippen LogP contribution < -0.4 is 4.90 Å². The SMILES string of the molecule is CC(C)(C)OC(=O)N(C(=O)OC(C)(C)C)c1cc(F)nc(C2(F)CC2)c1. The number of carbonyl (C=O) groups is 2. The Morgan fingerprint density at radius 3 is 1.88 bits per heavy atom. The van der Waals surface area contributed by atoms with Gasteiger partial charge in [-0.1, -0.05) is 0 Å². The summed E-state index contributed by atoms with van der Waals surface area (Å²) in [5.41, 5.74) is -3.89. The summed E-state index contributed by atoms with van der Waals surface area (Å²) in [5.74, 6) is -1.00. The summed E-state index contributed by atoms with van der Waals surface area (Å²) in [7, 11) is 0. The zero-order chi connectivity index (χ0) is 19.9. The summed E-state index contributed by atoms with van der Waals surface area (Å²) in [6, 6.07) is 2.03. The van der Waals surface area contributed by atoms with Crippen LogP contribution in [0.25, 0.3) is 0 Å². The van der Waals surface area contributed by atoms with Crippen molar-refractivity contribution in [3.63, 3.8) is 0 Å². The van der Waals surface area contributed by atoms with Crippen molar-refractivity contribution < 1.29 is 27.8 Å². The number of anilines is 1. The summed E-state index contributed by atoms with van der Waals surface area (Å²) < 4.78 is 38.7. The van der Waals surface area contributed by atoms with Crippen molar-refractivity contribution in [2.75, 3.05) is 4.90 Å². The van der Waals surface area contributed by atoms with Crippen molar-refractivity contribution in [3.05, 3.63) is 23.8 Å². The van der Waals surface area contributed by atoms with Crippen LogP contribution in [0.2, 0.25) is 0 Å². The summed E-state index contributed by atoms with van der Waals surface area (Å²) in [5, 5.41) is 0. The van der Waals surface area contributed by atoms with Gasteiger partial charge in [0.1, 0.15) is 11.2 Å². The largest absolute Gasteiger partial charge is 0.443 e. The number of nitrogens with zero attached hydrogens (tertiary/aromatic N) is 2. The van der Waals surface area contributed by atoms with E-state index in [0.717, 1.165) is 6.07 Å². The van der Waals surface area contributed by atoms with E-state index in [9.17, 15) is 18.4 Å². The van der Waals surface area contributed by atoms with Crippen LogP contribution in [0, 0.1) is 5.95 Å². The number of imide groups is 1. The van der Waals surface area contributed by atoms with E-state index in [2.05, 4.69) is 4.98 Å². The van der Waals surface area contributed by atoms with E-state index in [4.69, 9.17) is 9.47 Å². The molecule has 0 N–H and O–H groups in total. The number of amides is 2. The molecule has 0 atom stereocenters. The summed E-state index contributed by atoms with van der Waals surface area (Å²) >= 11 is 0. The number of carbonyl (C=O) groups excluding carboxylic acids is 2. The van der Waals surface area contributed by atoms with Crippen molar-refractivity contribution in [3.8, 4) is 0 Å². The third-order valence-corrected chi connectivity index (χ3v) is 3.34. The van der Waals surface area contributed by atoms with Gasteiger partial charge < -0.3 is 9.47 Å². The Kier molecular flexibility index (Phi) is 5.00. The number of pyridine rings is 1. The van der Waals surface area contributed by atoms with Gasteiger partial charge in [0.05, 0.1) is 11.4 Å². The Bertz CT molecular complexity index is 691. The van der Waals surface area contributed by atoms with E-state index >= 15 is 0 Å². The van der Waals surface area contributed by atoms with Crippen LogP contribution in [0.5, 0.6) is 0 Å². The number of hydrogen-bond donors (Lipinski definition) is 0. The Labute approximate surface area is 151 Å². The highest BCUT2D eigenvalue weighted by atomic mass is 19.1. The van der Waals surface area contributed by atoms with Gasteiger partial charge in [-0.15, -0.1) is 0 Å². The average molecular weight is 370 g/mol. The van der Waals surface area contributed by atoms with Crippen molar-refractivity contribution in [1.82, 2.24) is 4.98 Å². The summed E-state index contributed by atoms with van der Waals surface area (Å²) in [6.45, 7) is 9.74. The third-order valence-electron chi connectivity index (χ3n) is 3.34. The van der Waals surface area contributed by atoms with Crippen LogP contribution in [0.1, 0.15) is 60.1 Å². The first-order chi connectivity index (χ1) is 11.7. The first-order valence-corrected chi connectivity index (χ1v) is 8.33. The van der Waals surface area contributed by atoms with E-state index in [1.807, 2.05) is 0 Å². The third kappa shape index (κ3) is 5.12. The van der Waals surface area contributed by atoms with Gasteiger partial charge in [0.15, 0.2) is 5.67 Å². The van der Waals surface area contributed by atoms with Crippen molar-refractivity contribution in [2.45, 2.75) is 71.3 Å². The number of hydrogen-bond acceptors (Lipinski definition) is 5. The molecular formula is C18H24F2N2O4. The molecule has 1 aromatic rings. The normalized spacial score (nSPS) is 16.0. The highest BCUT2D eigenvalue weighted by Crippen LogP contribution is 2.49. The molecular weight excluding hydrogens is 346 g/mol. The quantitative estimate of drug-likeness (QED) is 0.696. The number of aromatic nitrogens is 1. The van der Waals surface area contributed by atoms with E-state index in [-0.39, 0.29) is 24.2 Å². The molecule has 0 unspecified atom stereocenters. The molecule has 0 radical (unpaired) electrons. The average Bonchev–Trinajstić information content (AvgIpc) is 3.13. The minimum absolute atomic E-state index is 0.162. The smallest absolute Gasteiger partial charge is 0.424 e. The zero-order valence-electron chi connectivity index (χ0n) is 15.9. The Balaban J connectivity index is 2.44. The lowest BCUT2D eigenvalue weighted by Crippen LogP contribution is -2.44. The standard InChI is InChI=1S/C18H24F2N2O4/c1-16(2,3)25-14(23)22(15(24)26-17(4,5)6)11-9-12(18(20)7-8-18)21-13(19)10-11/h9-10H,7-8H2,1-6H3. The Morgan fingerprint density at radius 1 is 1.04 bits per heavy atom. The van der Waals surface area contributed by atoms with Gasteiger partial charge in [0.25, 0.3) is 0 Å². The maximum absolute atomic E-state index is 14.3. The maximum atomic E-state index is 14.3. The summed E-state index contributed by atoms with van der Waals surface area (Å²) in [6.07, 6.45) is -1.68. The molecule has 6 nitrogen and oxygen atoms in total. The fourth-order valence-electron chi connectivity index (χ4n) is 2.11. The second-order valence-electron chi connectivity index (χ2n) is 8.29. The fraction of sp³-hybridized carbons (Fsp3) is 0.611. The van der Waals surface area contributed by atoms with Crippen LogP contribution in [-0.4, -0.2) is 28.4 Å². The fourth-order valence-corrected chi connectivity index (χ4v) is 2.11. The topological polar surface area (TPSA) is 68.7 Å². The predicted octanol–water partition coefficient (Wildman–Crippen LogP) is 4.86. The maximum Gasteiger partial charge on any atom is 0.424 e. The van der Waals surface area contributed by atoms with Crippen LogP contribution >= 0.6 is 0 Å². The Hall–Kier alpha value is -2.25. The molecule has 8 heteroatoms. The highest BCUT2D eigenvalue weighted by Gasteiger charge is 2.47. The second-order valence-corrected chi connectivity index (χ2v) is 8.29. The number of rotatable bonds is 2. The van der Waals surface area contributed by atoms with E-state index < -0.39 is 35.0 Å². The number of halogens is 2. The molecule has 1 aliphatic carbocycles. The molecule has 1 fully saturated rings. The van der Waals surface area contributed by atoms with Crippen molar-refractivity contribution in [2.24, 2.45) is 0 Å². The van der Waals surface area contributed by atoms with Gasteiger partial charge in [-0.3, -0.25) is 0 Å². The molecule has 144 valence electrons. The van der Waals surface area contributed by atoms with Gasteiger partial charge in [0, 0.05) is 6.07 Å². The molecule has 1 aromatic heterocycles. The minimum Gasteiger partial charge on any atom is -0.443 e. The van der Waals surface area contributed by atoms with Gasteiger partial charge in [-0.25, -0.2) is 19.0 Å². The molecule has 1 heterocycles. The molecule has 0 aliphatic heterocycles. The summed E-state index contributed by atoms with van der Waals surface area (Å²) in [4.78, 5) is 29.2. The van der Waals surface area contributed by atoms with E-state index in [1.165, 1.54) is 6.07 Å². The predicted molar refractivity (Wildman–Crippen MR) is 91.2 cm³/mol. The lowest BCUT2D eigenvalue weighted by atomic mass is 10.2. The molecule has 0 aromatic carbocycles. The van der Waals surface area contributed by atoms with Gasteiger partial charge >= 0.3 is 12.2 Å². The molecule has 1 saturated carbocycles. The van der Waals surface area contributed by atoms with Crippen LogP contribution in [0.3, 0.4) is 0 Å². The van der Waals surface area contributed by atoms with Crippen molar-refractivity contribution >= 4 is 17.9 Å². The molecule has 1 aliphatic rings. The van der Waals surface area contributed by atoms with Crippen LogP contribution in [0.15, 0.2) is 12.1 Å². The van der Waals surface area contributed by atoms with Gasteiger partial charge in [0.2, 0.25) is 5.95 Å². The molecule has 0 spiro atoms. The lowest BCUT2D eigenvalue weighted by molar-refractivity contribution is 0.0430. The molecule has 0 bridgehead atoms. The monoisotopic (exact) mass is 370 g/mol. The highest BCUT2D eigenvalue weighted by molar-refractivity contribution is 6.09. The van der Waals surface area contributed by atoms with Crippen LogP contribution in [0.4, 0.5) is 24.1 Å². The Morgan fingerprint density at radius 2 is 1.50 bits per heavy atom.